The summed E-state index contributed by atoms with van der Waals surface area (Å²) >= 11 is 0. The maximum atomic E-state index is 7.08. The minimum atomic E-state index is 0.247. The van der Waals surface area contributed by atoms with Crippen LogP contribution < -0.4 is 0 Å². The van der Waals surface area contributed by atoms with E-state index < -0.39 is 0 Å². The number of allylic oxidation sites excluding steroid dienone is 1. The van der Waals surface area contributed by atoms with E-state index in [0.29, 0.717) is 5.92 Å². The summed E-state index contributed by atoms with van der Waals surface area (Å²) in [5, 5.41) is 7.08. The largest absolute Gasteiger partial charge is 0.312 e. The number of rotatable bonds is 5. The van der Waals surface area contributed by atoms with E-state index >= 15 is 0 Å². The van der Waals surface area contributed by atoms with E-state index in [4.69, 9.17) is 5.41 Å². The lowest BCUT2D eigenvalue weighted by Gasteiger charge is -2.16. The Balaban J connectivity index is 3.90. The molecule has 0 aliphatic rings. The van der Waals surface area contributed by atoms with Crippen molar-refractivity contribution in [3.05, 3.63) is 12.2 Å². The summed E-state index contributed by atoms with van der Waals surface area (Å²) in [5.74, 6) is 0.813. The van der Waals surface area contributed by atoms with Crippen LogP contribution in [0.5, 0.6) is 0 Å². The van der Waals surface area contributed by atoms with Gasteiger partial charge >= 0.3 is 0 Å². The van der Waals surface area contributed by atoms with Gasteiger partial charge in [-0.1, -0.05) is 39.3 Å². The van der Waals surface area contributed by atoms with Crippen LogP contribution in [0.25, 0.3) is 0 Å². The third-order valence-corrected chi connectivity index (χ3v) is 2.19. The lowest BCUT2D eigenvalue weighted by Crippen LogP contribution is -2.07. The van der Waals surface area contributed by atoms with Crippen molar-refractivity contribution in [2.24, 2.45) is 11.8 Å². The van der Waals surface area contributed by atoms with Gasteiger partial charge in [0.2, 0.25) is 0 Å². The van der Waals surface area contributed by atoms with Gasteiger partial charge in [-0.25, -0.2) is 0 Å². The molecule has 0 rings (SSSR count). The predicted molar refractivity (Wildman–Crippen MR) is 51.2 cm³/mol. The molecule has 0 bridgehead atoms. The molecular formula is C10H19N. The zero-order valence-corrected chi connectivity index (χ0v) is 7.85. The van der Waals surface area contributed by atoms with E-state index in [2.05, 4.69) is 20.4 Å². The van der Waals surface area contributed by atoms with Crippen LogP contribution in [0.4, 0.5) is 0 Å². The fraction of sp³-hybridized carbons (Fsp3) is 0.700. The van der Waals surface area contributed by atoms with E-state index in [1.54, 1.807) is 0 Å². The van der Waals surface area contributed by atoms with E-state index in [9.17, 15) is 0 Å². The first-order valence-corrected chi connectivity index (χ1v) is 4.32. The first kappa shape index (κ1) is 10.4. The summed E-state index contributed by atoms with van der Waals surface area (Å²) in [6.45, 7) is 10.4. The highest BCUT2D eigenvalue weighted by Crippen LogP contribution is 2.20. The molecule has 0 amide bonds. The molecule has 1 heteroatoms. The Labute approximate surface area is 70.0 Å². The molecule has 11 heavy (non-hydrogen) atoms. The van der Waals surface area contributed by atoms with Gasteiger partial charge in [-0.15, -0.1) is 0 Å². The Kier molecular flexibility index (Phi) is 4.84. The maximum Gasteiger partial charge on any atom is 0.0117 e. The smallest absolute Gasteiger partial charge is 0.0117 e. The molecule has 0 aromatic heterocycles. The van der Waals surface area contributed by atoms with E-state index in [1.165, 1.54) is 24.6 Å². The Morgan fingerprint density at radius 3 is 2.45 bits per heavy atom. The summed E-state index contributed by atoms with van der Waals surface area (Å²) in [4.78, 5) is 0. The van der Waals surface area contributed by atoms with Crippen molar-refractivity contribution in [2.45, 2.75) is 33.6 Å². The Hall–Kier alpha value is -0.590. The molecule has 0 saturated heterocycles. The molecule has 0 heterocycles. The molecule has 0 aromatic rings. The number of nitrogens with one attached hydrogen (secondary N) is 1. The third-order valence-electron chi connectivity index (χ3n) is 2.19. The standard InChI is InChI=1S/C10H19N/c1-5-6-8(2)10(4)9(3)7-11/h7-9,11H,4-6H2,1-3H3/t8?,9-/m0/s1. The molecule has 0 aliphatic heterocycles. The zero-order chi connectivity index (χ0) is 8.85. The average Bonchev–Trinajstić information content (AvgIpc) is 2.02. The molecule has 64 valence electrons. The second kappa shape index (κ2) is 5.11. The monoisotopic (exact) mass is 153 g/mol. The predicted octanol–water partition coefficient (Wildman–Crippen LogP) is 3.26. The second-order valence-corrected chi connectivity index (χ2v) is 3.22. The maximum absolute atomic E-state index is 7.08. The number of hydrogen-bond donors (Lipinski definition) is 1. The van der Waals surface area contributed by atoms with Crippen LogP contribution in [0.1, 0.15) is 33.6 Å². The highest BCUT2D eigenvalue weighted by atomic mass is 14.3. The van der Waals surface area contributed by atoms with Gasteiger partial charge in [0.15, 0.2) is 0 Å². The highest BCUT2D eigenvalue weighted by Gasteiger charge is 2.10. The topological polar surface area (TPSA) is 23.9 Å². The summed E-state index contributed by atoms with van der Waals surface area (Å²) < 4.78 is 0. The Bertz CT molecular complexity index is 138. The van der Waals surface area contributed by atoms with Gasteiger partial charge in [0, 0.05) is 12.1 Å². The summed E-state index contributed by atoms with van der Waals surface area (Å²) in [6.07, 6.45) is 3.86. The quantitative estimate of drug-likeness (QED) is 0.463. The third kappa shape index (κ3) is 3.35. The van der Waals surface area contributed by atoms with Crippen molar-refractivity contribution < 1.29 is 0 Å². The minimum absolute atomic E-state index is 0.247. The molecule has 0 radical (unpaired) electrons. The Morgan fingerprint density at radius 2 is 2.09 bits per heavy atom. The SMILES string of the molecule is C=C(C(C)CCC)[C@@H](C)C=N. The highest BCUT2D eigenvalue weighted by molar-refractivity contribution is 5.60. The fourth-order valence-electron chi connectivity index (χ4n) is 1.17. The molecule has 2 atom stereocenters. The van der Waals surface area contributed by atoms with Crippen LogP contribution in [0.3, 0.4) is 0 Å². The van der Waals surface area contributed by atoms with Crippen LogP contribution in [-0.4, -0.2) is 6.21 Å². The van der Waals surface area contributed by atoms with Crippen molar-refractivity contribution in [3.8, 4) is 0 Å². The van der Waals surface area contributed by atoms with Crippen LogP contribution in [0.15, 0.2) is 12.2 Å². The van der Waals surface area contributed by atoms with Gasteiger partial charge in [-0.05, 0) is 12.3 Å². The molecule has 0 spiro atoms. The van der Waals surface area contributed by atoms with Crippen molar-refractivity contribution in [2.75, 3.05) is 0 Å². The van der Waals surface area contributed by atoms with E-state index in [1.807, 2.05) is 6.92 Å². The Morgan fingerprint density at radius 1 is 1.55 bits per heavy atom. The second-order valence-electron chi connectivity index (χ2n) is 3.22. The molecule has 0 fully saturated rings. The van der Waals surface area contributed by atoms with Crippen LogP contribution >= 0.6 is 0 Å². The van der Waals surface area contributed by atoms with Gasteiger partial charge in [0.05, 0.1) is 0 Å². The fourth-order valence-corrected chi connectivity index (χ4v) is 1.17. The molecule has 0 aromatic carbocycles. The van der Waals surface area contributed by atoms with Crippen molar-refractivity contribution >= 4 is 6.21 Å². The van der Waals surface area contributed by atoms with Gasteiger partial charge < -0.3 is 5.41 Å². The van der Waals surface area contributed by atoms with Gasteiger partial charge in [0.1, 0.15) is 0 Å². The van der Waals surface area contributed by atoms with Crippen LogP contribution in [0, 0.1) is 17.2 Å². The first-order chi connectivity index (χ1) is 5.13. The van der Waals surface area contributed by atoms with E-state index in [0.717, 1.165) is 0 Å². The van der Waals surface area contributed by atoms with Gasteiger partial charge in [0.25, 0.3) is 0 Å². The molecule has 1 nitrogen and oxygen atoms in total. The molecular weight excluding hydrogens is 134 g/mol. The molecule has 1 N–H and O–H groups in total. The van der Waals surface area contributed by atoms with E-state index in [-0.39, 0.29) is 5.92 Å². The minimum Gasteiger partial charge on any atom is -0.312 e. The van der Waals surface area contributed by atoms with Crippen molar-refractivity contribution in [1.82, 2.24) is 0 Å². The average molecular weight is 153 g/mol. The molecule has 1 unspecified atom stereocenters. The molecule has 0 aliphatic carbocycles. The van der Waals surface area contributed by atoms with Gasteiger partial charge in [-0.3, -0.25) is 0 Å². The molecule has 0 saturated carbocycles. The lowest BCUT2D eigenvalue weighted by molar-refractivity contribution is 0.569. The zero-order valence-electron chi connectivity index (χ0n) is 7.85. The van der Waals surface area contributed by atoms with Crippen molar-refractivity contribution in [1.29, 1.82) is 5.41 Å². The van der Waals surface area contributed by atoms with Crippen LogP contribution in [0.2, 0.25) is 0 Å². The summed E-state index contributed by atoms with van der Waals surface area (Å²) in [5.41, 5.74) is 1.20. The summed E-state index contributed by atoms with van der Waals surface area (Å²) in [6, 6.07) is 0. The number of hydrogen-bond acceptors (Lipinski definition) is 1. The normalized spacial score (nSPS) is 15.5. The van der Waals surface area contributed by atoms with Crippen molar-refractivity contribution in [3.63, 3.8) is 0 Å². The first-order valence-electron chi connectivity index (χ1n) is 4.32. The van der Waals surface area contributed by atoms with Crippen LogP contribution in [-0.2, 0) is 0 Å². The summed E-state index contributed by atoms with van der Waals surface area (Å²) in [7, 11) is 0. The van der Waals surface area contributed by atoms with Gasteiger partial charge in [-0.2, -0.15) is 0 Å². The lowest BCUT2D eigenvalue weighted by atomic mass is 9.89.